The van der Waals surface area contributed by atoms with Crippen molar-refractivity contribution in [3.63, 3.8) is 0 Å². The summed E-state index contributed by atoms with van der Waals surface area (Å²) >= 11 is 0. The van der Waals surface area contributed by atoms with Gasteiger partial charge >= 0.3 is 0 Å². The summed E-state index contributed by atoms with van der Waals surface area (Å²) in [7, 11) is 0. The summed E-state index contributed by atoms with van der Waals surface area (Å²) in [4.78, 5) is 33.8. The van der Waals surface area contributed by atoms with Gasteiger partial charge in [-0.2, -0.15) is 0 Å². The Morgan fingerprint density at radius 2 is 2.03 bits per heavy atom. The van der Waals surface area contributed by atoms with Gasteiger partial charge in [0.2, 0.25) is 5.91 Å². The number of pyridine rings is 1. The van der Waals surface area contributed by atoms with Crippen LogP contribution in [0.2, 0.25) is 0 Å². The first-order valence-electron chi connectivity index (χ1n) is 10.9. The van der Waals surface area contributed by atoms with E-state index in [1.165, 1.54) is 6.42 Å². The first-order chi connectivity index (χ1) is 14.2. The molecular formula is C22H31N3O4. The molecule has 2 aliphatic heterocycles. The zero-order chi connectivity index (χ0) is 20.1. The van der Waals surface area contributed by atoms with Gasteiger partial charge in [0.25, 0.3) is 5.91 Å². The molecule has 1 aromatic rings. The van der Waals surface area contributed by atoms with Crippen molar-refractivity contribution in [3.8, 4) is 0 Å². The van der Waals surface area contributed by atoms with Crippen LogP contribution in [0.25, 0.3) is 0 Å². The van der Waals surface area contributed by atoms with Crippen LogP contribution >= 0.6 is 0 Å². The molecule has 2 amide bonds. The largest absolute Gasteiger partial charge is 0.370 e. The fraction of sp³-hybridized carbons (Fsp3) is 0.682. The third kappa shape index (κ3) is 5.14. The van der Waals surface area contributed by atoms with Crippen LogP contribution in [0.15, 0.2) is 24.5 Å². The zero-order valence-electron chi connectivity index (χ0n) is 17.0. The third-order valence-electron chi connectivity index (χ3n) is 6.21. The van der Waals surface area contributed by atoms with Crippen molar-refractivity contribution >= 4 is 11.8 Å². The van der Waals surface area contributed by atoms with Crippen LogP contribution in [0.1, 0.15) is 50.5 Å². The Bertz CT molecular complexity index is 687. The maximum Gasteiger partial charge on any atom is 0.252 e. The summed E-state index contributed by atoms with van der Waals surface area (Å²) in [5.41, 5.74) is 0.990. The fourth-order valence-corrected chi connectivity index (χ4v) is 4.64. The molecule has 158 valence electrons. The molecule has 0 spiro atoms. The molecule has 0 aromatic carbocycles. The van der Waals surface area contributed by atoms with Gasteiger partial charge in [-0.1, -0.05) is 25.3 Å². The summed E-state index contributed by atoms with van der Waals surface area (Å²) in [5, 5.41) is 0. The summed E-state index contributed by atoms with van der Waals surface area (Å²) in [6.45, 7) is 2.13. The van der Waals surface area contributed by atoms with E-state index in [0.717, 1.165) is 44.1 Å². The van der Waals surface area contributed by atoms with Gasteiger partial charge in [0.15, 0.2) is 0 Å². The van der Waals surface area contributed by atoms with Crippen molar-refractivity contribution in [1.82, 2.24) is 14.8 Å². The summed E-state index contributed by atoms with van der Waals surface area (Å²) in [5.74, 6) is -0.0351. The van der Waals surface area contributed by atoms with Crippen LogP contribution in [-0.2, 0) is 25.7 Å². The second kappa shape index (κ2) is 9.67. The average molecular weight is 402 g/mol. The van der Waals surface area contributed by atoms with Crippen LogP contribution in [-0.4, -0.2) is 71.1 Å². The molecule has 0 radical (unpaired) electrons. The lowest BCUT2D eigenvalue weighted by molar-refractivity contribution is -0.146. The van der Waals surface area contributed by atoms with Gasteiger partial charge in [-0.25, -0.2) is 0 Å². The SMILES string of the molecule is O=C([C@H]1CCCO1)N1CC(=O)N(C2CCCCC2)C[C@H](OCc2cccnc2)C1. The fourth-order valence-electron chi connectivity index (χ4n) is 4.64. The van der Waals surface area contributed by atoms with Crippen LogP contribution in [0.4, 0.5) is 0 Å². The Morgan fingerprint density at radius 1 is 1.17 bits per heavy atom. The van der Waals surface area contributed by atoms with Gasteiger partial charge in [0.05, 0.1) is 19.3 Å². The van der Waals surface area contributed by atoms with Crippen LogP contribution in [0.5, 0.6) is 0 Å². The molecule has 0 N–H and O–H groups in total. The topological polar surface area (TPSA) is 72.0 Å². The summed E-state index contributed by atoms with van der Waals surface area (Å²) < 4.78 is 11.8. The van der Waals surface area contributed by atoms with Gasteiger partial charge in [0.1, 0.15) is 6.10 Å². The number of hydrogen-bond acceptors (Lipinski definition) is 5. The lowest BCUT2D eigenvalue weighted by atomic mass is 9.94. The first-order valence-corrected chi connectivity index (χ1v) is 10.9. The smallest absolute Gasteiger partial charge is 0.252 e. The molecule has 29 heavy (non-hydrogen) atoms. The molecule has 4 rings (SSSR count). The predicted octanol–water partition coefficient (Wildman–Crippen LogP) is 2.15. The lowest BCUT2D eigenvalue weighted by Gasteiger charge is -2.34. The molecule has 1 saturated carbocycles. The van der Waals surface area contributed by atoms with Crippen LogP contribution in [0.3, 0.4) is 0 Å². The van der Waals surface area contributed by atoms with E-state index in [0.29, 0.717) is 26.3 Å². The van der Waals surface area contributed by atoms with E-state index in [-0.39, 0.29) is 30.5 Å². The molecule has 3 fully saturated rings. The van der Waals surface area contributed by atoms with Gasteiger partial charge in [-0.15, -0.1) is 0 Å². The average Bonchev–Trinajstić information content (AvgIpc) is 3.24. The van der Waals surface area contributed by atoms with Gasteiger partial charge in [-0.3, -0.25) is 14.6 Å². The van der Waals surface area contributed by atoms with Gasteiger partial charge in [0, 0.05) is 38.1 Å². The molecular weight excluding hydrogens is 370 g/mol. The monoisotopic (exact) mass is 401 g/mol. The molecule has 3 heterocycles. The van der Waals surface area contributed by atoms with E-state index < -0.39 is 6.10 Å². The number of rotatable bonds is 5. The maximum atomic E-state index is 13.1. The molecule has 1 aromatic heterocycles. The second-order valence-corrected chi connectivity index (χ2v) is 8.35. The number of hydrogen-bond donors (Lipinski definition) is 0. The molecule has 2 saturated heterocycles. The van der Waals surface area contributed by atoms with Gasteiger partial charge < -0.3 is 19.3 Å². The van der Waals surface area contributed by atoms with E-state index in [2.05, 4.69) is 4.98 Å². The molecule has 1 aliphatic carbocycles. The number of ether oxygens (including phenoxy) is 2. The zero-order valence-corrected chi connectivity index (χ0v) is 17.0. The highest BCUT2D eigenvalue weighted by Gasteiger charge is 2.37. The number of carbonyl (C=O) groups excluding carboxylic acids is 2. The molecule has 2 atom stereocenters. The van der Waals surface area contributed by atoms with Crippen molar-refractivity contribution in [2.24, 2.45) is 0 Å². The highest BCUT2D eigenvalue weighted by Crippen LogP contribution is 2.25. The minimum atomic E-state index is -0.414. The minimum absolute atomic E-state index is 0.0377. The van der Waals surface area contributed by atoms with E-state index in [4.69, 9.17) is 9.47 Å². The van der Waals surface area contributed by atoms with E-state index in [1.807, 2.05) is 17.0 Å². The Balaban J connectivity index is 1.48. The molecule has 3 aliphatic rings. The van der Waals surface area contributed by atoms with Crippen LogP contribution in [0, 0.1) is 0 Å². The van der Waals surface area contributed by atoms with Crippen LogP contribution < -0.4 is 0 Å². The first kappa shape index (κ1) is 20.3. The summed E-state index contributed by atoms with van der Waals surface area (Å²) in [6.07, 6.45) is 10.2. The highest BCUT2D eigenvalue weighted by atomic mass is 16.5. The Hall–Kier alpha value is -1.99. The lowest BCUT2D eigenvalue weighted by Crippen LogP contribution is -2.46. The standard InChI is InChI=1S/C22H31N3O4/c26-21-15-24(22(27)20-9-5-11-28-20)13-19(29-16-17-6-4-10-23-12-17)14-25(21)18-7-2-1-3-8-18/h4,6,10,12,18-20H,1-3,5,7-9,11,13-16H2/t19-,20-/m1/s1. The number of nitrogens with zero attached hydrogens (tertiary/aromatic N) is 3. The van der Waals surface area contributed by atoms with Crippen molar-refractivity contribution < 1.29 is 19.1 Å². The van der Waals surface area contributed by atoms with Crippen molar-refractivity contribution in [3.05, 3.63) is 30.1 Å². The Labute approximate surface area is 172 Å². The quantitative estimate of drug-likeness (QED) is 0.756. The van der Waals surface area contributed by atoms with E-state index in [9.17, 15) is 9.59 Å². The highest BCUT2D eigenvalue weighted by molar-refractivity contribution is 5.87. The van der Waals surface area contributed by atoms with Crippen molar-refractivity contribution in [2.45, 2.75) is 69.8 Å². The molecule has 7 heteroatoms. The predicted molar refractivity (Wildman–Crippen MR) is 107 cm³/mol. The van der Waals surface area contributed by atoms with E-state index >= 15 is 0 Å². The van der Waals surface area contributed by atoms with Crippen molar-refractivity contribution in [2.75, 3.05) is 26.2 Å². The molecule has 7 nitrogen and oxygen atoms in total. The third-order valence-corrected chi connectivity index (χ3v) is 6.21. The normalized spacial score (nSPS) is 26.6. The van der Waals surface area contributed by atoms with Gasteiger partial charge in [-0.05, 0) is 37.3 Å². The minimum Gasteiger partial charge on any atom is -0.370 e. The number of aromatic nitrogens is 1. The summed E-state index contributed by atoms with van der Waals surface area (Å²) in [6, 6.07) is 4.12. The molecule has 0 unspecified atom stereocenters. The van der Waals surface area contributed by atoms with Crippen molar-refractivity contribution in [1.29, 1.82) is 0 Å². The Kier molecular flexibility index (Phi) is 6.77. The number of carbonyl (C=O) groups is 2. The maximum absolute atomic E-state index is 13.1. The second-order valence-electron chi connectivity index (χ2n) is 8.35. The van der Waals surface area contributed by atoms with E-state index in [1.54, 1.807) is 17.3 Å². The molecule has 0 bridgehead atoms. The number of amides is 2. The Morgan fingerprint density at radius 3 is 2.76 bits per heavy atom.